The second-order valence-corrected chi connectivity index (χ2v) is 5.10. The van der Waals surface area contributed by atoms with Gasteiger partial charge in [0.05, 0.1) is 5.69 Å². The molecular formula is C12H11N3S. The van der Waals surface area contributed by atoms with Crippen LogP contribution in [0.1, 0.15) is 28.8 Å². The van der Waals surface area contributed by atoms with E-state index >= 15 is 0 Å². The number of aryl methyl sites for hydroxylation is 2. The van der Waals surface area contributed by atoms with E-state index in [0.717, 1.165) is 23.1 Å². The molecule has 1 aliphatic carbocycles. The Morgan fingerprint density at radius 3 is 3.00 bits per heavy atom. The van der Waals surface area contributed by atoms with Crippen molar-refractivity contribution in [2.45, 2.75) is 25.7 Å². The van der Waals surface area contributed by atoms with Crippen LogP contribution < -0.4 is 5.73 Å². The van der Waals surface area contributed by atoms with E-state index in [0.29, 0.717) is 10.6 Å². The zero-order chi connectivity index (χ0) is 11.1. The molecule has 0 fully saturated rings. The van der Waals surface area contributed by atoms with E-state index in [1.807, 2.05) is 6.20 Å². The molecule has 0 spiro atoms. The van der Waals surface area contributed by atoms with Gasteiger partial charge in [-0.15, -0.1) is 11.3 Å². The smallest absolute Gasteiger partial charge is 0.130 e. The van der Waals surface area contributed by atoms with E-state index in [9.17, 15) is 0 Å². The normalized spacial score (nSPS) is 14.7. The largest absolute Gasteiger partial charge is 0.396 e. The molecule has 16 heavy (non-hydrogen) atoms. The Kier molecular flexibility index (Phi) is 2.08. The Hall–Kier alpha value is -1.60. The molecule has 0 amide bonds. The highest BCUT2D eigenvalue weighted by Crippen LogP contribution is 2.37. The molecule has 0 radical (unpaired) electrons. The van der Waals surface area contributed by atoms with Gasteiger partial charge in [0.15, 0.2) is 0 Å². The van der Waals surface area contributed by atoms with Gasteiger partial charge in [-0.3, -0.25) is 0 Å². The molecule has 4 heteroatoms. The third-order valence-corrected chi connectivity index (χ3v) is 4.20. The van der Waals surface area contributed by atoms with Gasteiger partial charge in [-0.2, -0.15) is 5.26 Å². The van der Waals surface area contributed by atoms with E-state index in [4.69, 9.17) is 11.0 Å². The number of nitrogen functional groups attached to an aromatic ring is 1. The summed E-state index contributed by atoms with van der Waals surface area (Å²) >= 11 is 1.40. The summed E-state index contributed by atoms with van der Waals surface area (Å²) in [7, 11) is 0. The molecule has 0 aromatic carbocycles. The number of rotatable bonds is 0. The third kappa shape index (κ3) is 1.22. The number of aromatic nitrogens is 1. The minimum Gasteiger partial charge on any atom is -0.396 e. The van der Waals surface area contributed by atoms with Gasteiger partial charge in [0.25, 0.3) is 0 Å². The molecule has 3 nitrogen and oxygen atoms in total. The first kappa shape index (κ1) is 9.61. The monoisotopic (exact) mass is 229 g/mol. The van der Waals surface area contributed by atoms with Crippen LogP contribution in [0.5, 0.6) is 0 Å². The summed E-state index contributed by atoms with van der Waals surface area (Å²) < 4.78 is 0. The fourth-order valence-electron chi connectivity index (χ4n) is 2.39. The van der Waals surface area contributed by atoms with Crippen LogP contribution in [-0.4, -0.2) is 4.98 Å². The summed E-state index contributed by atoms with van der Waals surface area (Å²) in [5, 5.41) is 10.0. The minimum atomic E-state index is 0.599. The summed E-state index contributed by atoms with van der Waals surface area (Å²) in [5.41, 5.74) is 9.29. The van der Waals surface area contributed by atoms with Crippen molar-refractivity contribution >= 4 is 27.2 Å². The predicted octanol–water partition coefficient (Wildman–Crippen LogP) is 2.63. The van der Waals surface area contributed by atoms with Crippen molar-refractivity contribution in [3.8, 4) is 6.07 Å². The first-order valence-corrected chi connectivity index (χ1v) is 6.21. The molecule has 3 rings (SSSR count). The molecule has 0 saturated heterocycles. The third-order valence-electron chi connectivity index (χ3n) is 3.18. The van der Waals surface area contributed by atoms with E-state index in [-0.39, 0.29) is 0 Å². The molecular weight excluding hydrogens is 218 g/mol. The molecule has 0 unspecified atom stereocenters. The van der Waals surface area contributed by atoms with Crippen LogP contribution in [0.15, 0.2) is 6.20 Å². The van der Waals surface area contributed by atoms with Crippen LogP contribution >= 0.6 is 11.3 Å². The van der Waals surface area contributed by atoms with Crippen molar-refractivity contribution in [3.05, 3.63) is 22.2 Å². The molecule has 0 aliphatic heterocycles. The number of nitrogens with two attached hydrogens (primary N) is 1. The maximum absolute atomic E-state index is 8.98. The minimum absolute atomic E-state index is 0.599. The second-order valence-electron chi connectivity index (χ2n) is 4.11. The first-order chi connectivity index (χ1) is 7.81. The summed E-state index contributed by atoms with van der Waals surface area (Å²) in [6.45, 7) is 0. The van der Waals surface area contributed by atoms with Gasteiger partial charge in [0, 0.05) is 11.6 Å². The summed E-state index contributed by atoms with van der Waals surface area (Å²) in [5.74, 6) is 0. The van der Waals surface area contributed by atoms with Crippen LogP contribution in [0.3, 0.4) is 0 Å². The number of anilines is 1. The number of nitrogens with zero attached hydrogens (tertiary/aromatic N) is 2. The van der Waals surface area contributed by atoms with Crippen LogP contribution in [0.4, 0.5) is 5.69 Å². The molecule has 0 atom stereocenters. The number of nitriles is 1. The van der Waals surface area contributed by atoms with E-state index in [1.165, 1.54) is 35.3 Å². The quantitative estimate of drug-likeness (QED) is 0.755. The lowest BCUT2D eigenvalue weighted by Crippen LogP contribution is -2.04. The lowest BCUT2D eigenvalue weighted by molar-refractivity contribution is 0.688. The van der Waals surface area contributed by atoms with Crippen molar-refractivity contribution in [2.75, 3.05) is 5.73 Å². The fraction of sp³-hybridized carbons (Fsp3) is 0.333. The molecule has 80 valence electrons. The summed E-state index contributed by atoms with van der Waals surface area (Å²) in [4.78, 5) is 5.92. The standard InChI is InChI=1S/C12H11N3S/c13-5-9-11(14)10-8-4-2-1-3-7(8)6-15-12(10)16-9/h6H,1-4,14H2. The SMILES string of the molecule is N#Cc1sc2ncc3c(c2c1N)CCCC3. The number of thiophene rings is 1. The van der Waals surface area contributed by atoms with Crippen LogP contribution in [-0.2, 0) is 12.8 Å². The van der Waals surface area contributed by atoms with Crippen LogP contribution in [0, 0.1) is 11.3 Å². The van der Waals surface area contributed by atoms with Gasteiger partial charge in [-0.05, 0) is 36.8 Å². The lowest BCUT2D eigenvalue weighted by Gasteiger charge is -2.15. The van der Waals surface area contributed by atoms with Crippen molar-refractivity contribution in [2.24, 2.45) is 0 Å². The lowest BCUT2D eigenvalue weighted by atomic mass is 9.91. The van der Waals surface area contributed by atoms with E-state index in [1.54, 1.807) is 0 Å². The summed E-state index contributed by atoms with van der Waals surface area (Å²) in [6, 6.07) is 2.15. The highest BCUT2D eigenvalue weighted by atomic mass is 32.1. The van der Waals surface area contributed by atoms with Gasteiger partial charge in [-0.25, -0.2) is 4.98 Å². The van der Waals surface area contributed by atoms with E-state index in [2.05, 4.69) is 11.1 Å². The maximum atomic E-state index is 8.98. The van der Waals surface area contributed by atoms with Crippen LogP contribution in [0.25, 0.3) is 10.2 Å². The summed E-state index contributed by atoms with van der Waals surface area (Å²) in [6.07, 6.45) is 6.56. The van der Waals surface area contributed by atoms with Crippen LogP contribution in [0.2, 0.25) is 0 Å². The zero-order valence-corrected chi connectivity index (χ0v) is 9.60. The molecule has 2 N–H and O–H groups in total. The molecule has 2 aromatic heterocycles. The molecule has 0 bridgehead atoms. The van der Waals surface area contributed by atoms with Gasteiger partial charge in [-0.1, -0.05) is 0 Å². The number of pyridine rings is 1. The van der Waals surface area contributed by atoms with Gasteiger partial charge >= 0.3 is 0 Å². The Morgan fingerprint density at radius 1 is 1.38 bits per heavy atom. The van der Waals surface area contributed by atoms with Crippen molar-refractivity contribution in [1.82, 2.24) is 4.98 Å². The Balaban J connectivity index is 2.38. The average Bonchev–Trinajstić information content (AvgIpc) is 2.66. The maximum Gasteiger partial charge on any atom is 0.130 e. The van der Waals surface area contributed by atoms with Gasteiger partial charge in [0.2, 0.25) is 0 Å². The molecule has 2 heterocycles. The molecule has 1 aliphatic rings. The Labute approximate surface area is 97.5 Å². The number of fused-ring (bicyclic) bond motifs is 3. The second kappa shape index (κ2) is 3.46. The Morgan fingerprint density at radius 2 is 2.19 bits per heavy atom. The zero-order valence-electron chi connectivity index (χ0n) is 8.79. The highest BCUT2D eigenvalue weighted by molar-refractivity contribution is 7.19. The molecule has 2 aromatic rings. The highest BCUT2D eigenvalue weighted by Gasteiger charge is 2.18. The predicted molar refractivity (Wildman–Crippen MR) is 65.4 cm³/mol. The Bertz CT molecular complexity index is 607. The van der Waals surface area contributed by atoms with Gasteiger partial charge in [0.1, 0.15) is 15.8 Å². The number of hydrogen-bond acceptors (Lipinski definition) is 4. The van der Waals surface area contributed by atoms with E-state index < -0.39 is 0 Å². The van der Waals surface area contributed by atoms with Gasteiger partial charge < -0.3 is 5.73 Å². The van der Waals surface area contributed by atoms with Crippen molar-refractivity contribution < 1.29 is 0 Å². The fourth-order valence-corrected chi connectivity index (χ4v) is 3.28. The first-order valence-electron chi connectivity index (χ1n) is 5.40. The number of hydrogen-bond donors (Lipinski definition) is 1. The average molecular weight is 229 g/mol. The topological polar surface area (TPSA) is 62.7 Å². The molecule has 0 saturated carbocycles. The van der Waals surface area contributed by atoms with Crippen molar-refractivity contribution in [3.63, 3.8) is 0 Å². The van der Waals surface area contributed by atoms with Crippen molar-refractivity contribution in [1.29, 1.82) is 5.26 Å².